The summed E-state index contributed by atoms with van der Waals surface area (Å²) in [6, 6.07) is 7.24. The van der Waals surface area contributed by atoms with Crippen molar-refractivity contribution in [3.63, 3.8) is 0 Å². The molecule has 1 fully saturated rings. The van der Waals surface area contributed by atoms with Crippen LogP contribution in [0.15, 0.2) is 24.3 Å². The third-order valence-corrected chi connectivity index (χ3v) is 4.65. The summed E-state index contributed by atoms with van der Waals surface area (Å²) in [4.78, 5) is 40.3. The maximum Gasteiger partial charge on any atom is 0.244 e. The Morgan fingerprint density at radius 3 is 2.72 bits per heavy atom. The lowest BCUT2D eigenvalue weighted by molar-refractivity contribution is -0.133. The highest BCUT2D eigenvalue weighted by Gasteiger charge is 2.29. The lowest BCUT2D eigenvalue weighted by Crippen LogP contribution is -2.42. The molecule has 1 saturated carbocycles. The van der Waals surface area contributed by atoms with Gasteiger partial charge in [-0.05, 0) is 37.3 Å². The molecule has 1 N–H and O–H groups in total. The number of amides is 3. The van der Waals surface area contributed by atoms with E-state index in [1.807, 2.05) is 23.1 Å². The Kier molecular flexibility index (Phi) is 5.36. The summed E-state index contributed by atoms with van der Waals surface area (Å²) in [5.41, 5.74) is 1.34. The van der Waals surface area contributed by atoms with Crippen LogP contribution in [0.2, 0.25) is 0 Å². The summed E-state index contributed by atoms with van der Waals surface area (Å²) in [7, 11) is 0. The van der Waals surface area contributed by atoms with E-state index in [9.17, 15) is 14.4 Å². The van der Waals surface area contributed by atoms with Crippen LogP contribution in [-0.4, -0.2) is 42.3 Å². The van der Waals surface area contributed by atoms with E-state index >= 15 is 0 Å². The van der Waals surface area contributed by atoms with Gasteiger partial charge in [0.2, 0.25) is 17.7 Å². The normalized spacial score (nSPS) is 16.2. The van der Waals surface area contributed by atoms with Gasteiger partial charge in [0.15, 0.2) is 0 Å². The van der Waals surface area contributed by atoms with E-state index in [1.165, 1.54) is 17.7 Å². The molecule has 1 aliphatic heterocycles. The van der Waals surface area contributed by atoms with Crippen molar-refractivity contribution in [1.29, 1.82) is 0 Å². The lowest BCUT2D eigenvalue weighted by Gasteiger charge is -2.29. The number of benzene rings is 1. The second-order valence-corrected chi connectivity index (χ2v) is 6.83. The minimum atomic E-state index is -0.209. The molecule has 134 valence electrons. The molecule has 3 amide bonds. The van der Waals surface area contributed by atoms with Gasteiger partial charge in [-0.3, -0.25) is 14.4 Å². The molecule has 2 aliphatic rings. The van der Waals surface area contributed by atoms with Gasteiger partial charge < -0.3 is 15.1 Å². The van der Waals surface area contributed by atoms with E-state index in [4.69, 9.17) is 0 Å². The number of nitrogens with one attached hydrogen (secondary N) is 1. The van der Waals surface area contributed by atoms with E-state index in [2.05, 4.69) is 12.2 Å². The fourth-order valence-corrected chi connectivity index (χ4v) is 3.16. The molecule has 0 spiro atoms. The highest BCUT2D eigenvalue weighted by atomic mass is 16.2. The van der Waals surface area contributed by atoms with Crippen LogP contribution in [0.1, 0.15) is 39.0 Å². The summed E-state index contributed by atoms with van der Waals surface area (Å²) in [6.45, 7) is 3.63. The van der Waals surface area contributed by atoms with Gasteiger partial charge in [-0.15, -0.1) is 0 Å². The van der Waals surface area contributed by atoms with Gasteiger partial charge in [-0.1, -0.05) is 19.1 Å². The van der Waals surface area contributed by atoms with Crippen LogP contribution in [0.5, 0.6) is 0 Å². The minimum Gasteiger partial charge on any atom is -0.342 e. The van der Waals surface area contributed by atoms with Gasteiger partial charge in [0.1, 0.15) is 6.54 Å². The first kappa shape index (κ1) is 17.5. The molecule has 3 rings (SSSR count). The zero-order valence-electron chi connectivity index (χ0n) is 14.7. The highest BCUT2D eigenvalue weighted by Crippen LogP contribution is 2.31. The molecule has 1 aromatic rings. The van der Waals surface area contributed by atoms with Gasteiger partial charge in [0.05, 0.1) is 11.4 Å². The summed E-state index contributed by atoms with van der Waals surface area (Å²) in [5.74, 6) is 0.291. The predicted octanol–water partition coefficient (Wildman–Crippen LogP) is 2.40. The Hall–Kier alpha value is -2.37. The number of nitrogens with zero attached hydrogens (tertiary/aromatic N) is 2. The van der Waals surface area contributed by atoms with Gasteiger partial charge in [0, 0.05) is 25.9 Å². The third-order valence-electron chi connectivity index (χ3n) is 4.65. The molecule has 6 heteroatoms. The summed E-state index contributed by atoms with van der Waals surface area (Å²) in [6.07, 6.45) is 3.65. The number of hydrogen-bond donors (Lipinski definition) is 1. The van der Waals surface area contributed by atoms with E-state index < -0.39 is 0 Å². The Morgan fingerprint density at radius 1 is 1.24 bits per heavy atom. The van der Waals surface area contributed by atoms with Crippen LogP contribution in [0.4, 0.5) is 11.4 Å². The minimum absolute atomic E-state index is 0.00475. The molecule has 0 radical (unpaired) electrons. The molecular formula is C19H25N3O3. The maximum atomic E-state index is 12.6. The van der Waals surface area contributed by atoms with Crippen molar-refractivity contribution in [3.8, 4) is 0 Å². The zero-order chi connectivity index (χ0) is 17.8. The number of para-hydroxylation sites is 2. The molecule has 0 unspecified atom stereocenters. The zero-order valence-corrected chi connectivity index (χ0v) is 14.7. The van der Waals surface area contributed by atoms with Gasteiger partial charge in [0.25, 0.3) is 0 Å². The molecule has 0 aromatic heterocycles. The molecule has 0 atom stereocenters. The number of hydrogen-bond acceptors (Lipinski definition) is 3. The molecular weight excluding hydrogens is 318 g/mol. The Balaban J connectivity index is 1.60. The van der Waals surface area contributed by atoms with E-state index in [0.29, 0.717) is 17.3 Å². The number of carbonyl (C=O) groups excluding carboxylic acids is 3. The van der Waals surface area contributed by atoms with Crippen LogP contribution < -0.4 is 10.2 Å². The van der Waals surface area contributed by atoms with Crippen molar-refractivity contribution in [2.45, 2.75) is 39.0 Å². The first-order valence-corrected chi connectivity index (χ1v) is 9.05. The summed E-state index contributed by atoms with van der Waals surface area (Å²) >= 11 is 0. The van der Waals surface area contributed by atoms with Gasteiger partial charge >= 0.3 is 0 Å². The average molecular weight is 343 g/mol. The Bertz CT molecular complexity index is 670. The molecule has 6 nitrogen and oxygen atoms in total. The van der Waals surface area contributed by atoms with Crippen LogP contribution in [0.25, 0.3) is 0 Å². The summed E-state index contributed by atoms with van der Waals surface area (Å²) in [5, 5.41) is 2.77. The van der Waals surface area contributed by atoms with Crippen molar-refractivity contribution in [3.05, 3.63) is 24.3 Å². The van der Waals surface area contributed by atoms with Crippen molar-refractivity contribution < 1.29 is 14.4 Å². The number of anilines is 2. The SMILES string of the molecule is CCCN(CC1CC1)C(=O)CCC(=O)N1CC(=O)Nc2ccccc21. The van der Waals surface area contributed by atoms with Gasteiger partial charge in [-0.25, -0.2) is 0 Å². The molecule has 0 saturated heterocycles. The van der Waals surface area contributed by atoms with Gasteiger partial charge in [-0.2, -0.15) is 0 Å². The van der Waals surface area contributed by atoms with Crippen LogP contribution in [0, 0.1) is 5.92 Å². The fourth-order valence-electron chi connectivity index (χ4n) is 3.16. The standard InChI is InChI=1S/C19H25N3O3/c1-2-11-21(12-14-7-8-14)18(24)9-10-19(25)22-13-17(23)20-15-5-3-4-6-16(15)22/h3-6,14H,2,7-13H2,1H3,(H,20,23). The first-order valence-electron chi connectivity index (χ1n) is 9.05. The number of fused-ring (bicyclic) bond motifs is 1. The van der Waals surface area contributed by atoms with Crippen LogP contribution in [-0.2, 0) is 14.4 Å². The van der Waals surface area contributed by atoms with Crippen LogP contribution in [0.3, 0.4) is 0 Å². The molecule has 1 aromatic carbocycles. The Labute approximate surface area is 148 Å². The average Bonchev–Trinajstić information content (AvgIpc) is 3.42. The number of rotatable bonds is 7. The monoisotopic (exact) mass is 343 g/mol. The van der Waals surface area contributed by atoms with Crippen LogP contribution >= 0.6 is 0 Å². The van der Waals surface area contributed by atoms with E-state index in [1.54, 1.807) is 6.07 Å². The maximum absolute atomic E-state index is 12.6. The predicted molar refractivity (Wildman–Crippen MR) is 96.3 cm³/mol. The second-order valence-electron chi connectivity index (χ2n) is 6.83. The molecule has 1 heterocycles. The largest absolute Gasteiger partial charge is 0.342 e. The molecule has 25 heavy (non-hydrogen) atoms. The van der Waals surface area contributed by atoms with Crippen molar-refractivity contribution >= 4 is 29.1 Å². The topological polar surface area (TPSA) is 69.7 Å². The van der Waals surface area contributed by atoms with Crippen molar-refractivity contribution in [2.24, 2.45) is 5.92 Å². The molecule has 0 bridgehead atoms. The van der Waals surface area contributed by atoms with Crippen molar-refractivity contribution in [1.82, 2.24) is 4.90 Å². The first-order chi connectivity index (χ1) is 12.1. The summed E-state index contributed by atoms with van der Waals surface area (Å²) < 4.78 is 0. The number of carbonyl (C=O) groups is 3. The lowest BCUT2D eigenvalue weighted by atomic mass is 10.1. The highest BCUT2D eigenvalue weighted by molar-refractivity contribution is 6.10. The van der Waals surface area contributed by atoms with Crippen molar-refractivity contribution in [2.75, 3.05) is 29.9 Å². The second kappa shape index (κ2) is 7.68. The van der Waals surface area contributed by atoms with E-state index in [0.717, 1.165) is 19.5 Å². The quantitative estimate of drug-likeness (QED) is 0.826. The third kappa shape index (κ3) is 4.38. The smallest absolute Gasteiger partial charge is 0.244 e. The Morgan fingerprint density at radius 2 is 2.00 bits per heavy atom. The molecule has 1 aliphatic carbocycles. The fraction of sp³-hybridized carbons (Fsp3) is 0.526. The van der Waals surface area contributed by atoms with E-state index in [-0.39, 0.29) is 37.1 Å².